The van der Waals surface area contributed by atoms with Crippen molar-refractivity contribution in [3.05, 3.63) is 0 Å². The molecule has 0 bridgehead atoms. The monoisotopic (exact) mass is 340 g/mol. The highest BCUT2D eigenvalue weighted by Crippen LogP contribution is 2.34. The summed E-state index contributed by atoms with van der Waals surface area (Å²) in [5, 5.41) is 3.79. The van der Waals surface area contributed by atoms with Crippen molar-refractivity contribution in [1.29, 1.82) is 0 Å². The zero-order chi connectivity index (χ0) is 16.7. The van der Waals surface area contributed by atoms with E-state index in [2.05, 4.69) is 20.3 Å². The first kappa shape index (κ1) is 17.8. The van der Waals surface area contributed by atoms with Crippen molar-refractivity contribution in [2.75, 3.05) is 24.3 Å². The summed E-state index contributed by atoms with van der Waals surface area (Å²) >= 11 is 1.51. The molecule has 1 heterocycles. The lowest BCUT2D eigenvalue weighted by molar-refractivity contribution is -0.148. The lowest BCUT2D eigenvalue weighted by Crippen LogP contribution is -2.45. The number of hydrogen-bond acceptors (Lipinski definition) is 8. The van der Waals surface area contributed by atoms with E-state index in [4.69, 9.17) is 9.47 Å². The predicted octanol–water partition coefficient (Wildman–Crippen LogP) is 2.67. The number of carbonyl (C=O) groups excluding carboxylic acids is 1. The Morgan fingerprint density at radius 1 is 1.17 bits per heavy atom. The molecule has 2 rings (SSSR count). The summed E-state index contributed by atoms with van der Waals surface area (Å²) in [6.45, 7) is 6.55. The maximum Gasteiger partial charge on any atom is 0.331 e. The van der Waals surface area contributed by atoms with E-state index in [-0.39, 0.29) is 12.0 Å². The van der Waals surface area contributed by atoms with Crippen molar-refractivity contribution >= 4 is 23.7 Å². The van der Waals surface area contributed by atoms with E-state index in [1.807, 2.05) is 20.8 Å². The largest absolute Gasteiger partial charge is 0.464 e. The first-order chi connectivity index (χ1) is 11.1. The van der Waals surface area contributed by atoms with E-state index in [0.29, 0.717) is 24.3 Å². The second-order valence-corrected chi connectivity index (χ2v) is 6.46. The quantitative estimate of drug-likeness (QED) is 0.571. The number of aromatic nitrogens is 3. The minimum Gasteiger partial charge on any atom is -0.464 e. The number of thioether (sulfide) groups is 1. The minimum atomic E-state index is -0.741. The van der Waals surface area contributed by atoms with Gasteiger partial charge in [0, 0.05) is 0 Å². The molecular weight excluding hydrogens is 316 g/mol. The van der Waals surface area contributed by atoms with Gasteiger partial charge in [-0.2, -0.15) is 15.0 Å². The van der Waals surface area contributed by atoms with Crippen molar-refractivity contribution in [2.24, 2.45) is 0 Å². The molecule has 0 radical (unpaired) electrons. The third-order valence-corrected chi connectivity index (χ3v) is 4.35. The van der Waals surface area contributed by atoms with Crippen LogP contribution in [0.2, 0.25) is 0 Å². The van der Waals surface area contributed by atoms with Crippen LogP contribution in [0.5, 0.6) is 6.01 Å². The van der Waals surface area contributed by atoms with E-state index in [9.17, 15) is 4.79 Å². The molecule has 0 spiro atoms. The molecule has 1 aromatic heterocycles. The number of nitrogens with one attached hydrogen (secondary N) is 1. The van der Waals surface area contributed by atoms with Crippen LogP contribution in [0.15, 0.2) is 5.16 Å². The highest BCUT2D eigenvalue weighted by atomic mass is 32.2. The maximum absolute atomic E-state index is 12.4. The fraction of sp³-hybridized carbons (Fsp3) is 0.733. The van der Waals surface area contributed by atoms with Gasteiger partial charge >= 0.3 is 12.0 Å². The van der Waals surface area contributed by atoms with Crippen LogP contribution in [0.3, 0.4) is 0 Å². The van der Waals surface area contributed by atoms with Gasteiger partial charge in [-0.25, -0.2) is 4.79 Å². The molecule has 0 aromatic carbocycles. The van der Waals surface area contributed by atoms with Gasteiger partial charge in [0.1, 0.15) is 5.54 Å². The van der Waals surface area contributed by atoms with E-state index >= 15 is 0 Å². The zero-order valence-electron chi connectivity index (χ0n) is 13.9. The smallest absolute Gasteiger partial charge is 0.331 e. The average molecular weight is 340 g/mol. The molecule has 7 nitrogen and oxygen atoms in total. The number of rotatable bonds is 8. The number of nitrogens with zero attached hydrogens (tertiary/aromatic N) is 3. The fourth-order valence-electron chi connectivity index (χ4n) is 2.62. The molecule has 1 aromatic rings. The van der Waals surface area contributed by atoms with Gasteiger partial charge in [-0.15, -0.1) is 0 Å². The number of carbonyl (C=O) groups is 1. The highest BCUT2D eigenvalue weighted by Gasteiger charge is 2.43. The third kappa shape index (κ3) is 4.46. The molecule has 0 amide bonds. The molecular formula is C15H24N4O3S. The van der Waals surface area contributed by atoms with E-state index in [1.54, 1.807) is 0 Å². The Bertz CT molecular complexity index is 511. The van der Waals surface area contributed by atoms with Crippen LogP contribution in [0.4, 0.5) is 5.95 Å². The SMILES string of the molecule is CCOC(=O)C1(Nc2nc(OCC)nc(SCC)n2)CCCC1. The van der Waals surface area contributed by atoms with Crippen LogP contribution in [-0.4, -0.2) is 45.4 Å². The van der Waals surface area contributed by atoms with Gasteiger partial charge in [-0.05, 0) is 32.4 Å². The van der Waals surface area contributed by atoms with Crippen molar-refractivity contribution in [3.8, 4) is 6.01 Å². The summed E-state index contributed by atoms with van der Waals surface area (Å²) in [6.07, 6.45) is 3.40. The Kier molecular flexibility index (Phi) is 6.44. The summed E-state index contributed by atoms with van der Waals surface area (Å²) in [7, 11) is 0. The van der Waals surface area contributed by atoms with Gasteiger partial charge in [0.15, 0.2) is 5.16 Å². The second kappa shape index (κ2) is 8.33. The summed E-state index contributed by atoms with van der Waals surface area (Å²) < 4.78 is 10.7. The van der Waals surface area contributed by atoms with E-state index < -0.39 is 5.54 Å². The third-order valence-electron chi connectivity index (χ3n) is 3.62. The van der Waals surface area contributed by atoms with Crippen molar-refractivity contribution < 1.29 is 14.3 Å². The molecule has 0 unspecified atom stereocenters. The molecule has 0 aliphatic heterocycles. The predicted molar refractivity (Wildman–Crippen MR) is 88.8 cm³/mol. The van der Waals surface area contributed by atoms with Gasteiger partial charge in [-0.3, -0.25) is 0 Å². The number of esters is 1. The highest BCUT2D eigenvalue weighted by molar-refractivity contribution is 7.99. The average Bonchev–Trinajstić information content (AvgIpc) is 2.98. The summed E-state index contributed by atoms with van der Waals surface area (Å²) in [5.74, 6) is 0.979. The van der Waals surface area contributed by atoms with Gasteiger partial charge in [-0.1, -0.05) is 31.5 Å². The molecule has 1 aliphatic carbocycles. The normalized spacial score (nSPS) is 16.1. The maximum atomic E-state index is 12.4. The Balaban J connectivity index is 2.26. The standard InChI is InChI=1S/C15H24N4O3S/c1-4-21-11(20)15(9-7-8-10-15)19-12-16-13(22-5-2)18-14(17-12)23-6-3/h4-10H2,1-3H3,(H,16,17,18,19). The molecule has 8 heteroatoms. The Morgan fingerprint density at radius 3 is 2.52 bits per heavy atom. The van der Waals surface area contributed by atoms with Crippen molar-refractivity contribution in [2.45, 2.75) is 57.1 Å². The Morgan fingerprint density at radius 2 is 1.91 bits per heavy atom. The molecule has 0 atom stereocenters. The molecule has 1 fully saturated rings. The van der Waals surface area contributed by atoms with Crippen LogP contribution in [-0.2, 0) is 9.53 Å². The van der Waals surface area contributed by atoms with E-state index in [1.165, 1.54) is 11.8 Å². The molecule has 1 aliphatic rings. The van der Waals surface area contributed by atoms with Crippen LogP contribution in [0.25, 0.3) is 0 Å². The topological polar surface area (TPSA) is 86.2 Å². The molecule has 0 saturated heterocycles. The number of ether oxygens (including phenoxy) is 2. The van der Waals surface area contributed by atoms with Crippen LogP contribution < -0.4 is 10.1 Å². The fourth-order valence-corrected chi connectivity index (χ4v) is 3.18. The van der Waals surface area contributed by atoms with Crippen molar-refractivity contribution in [3.63, 3.8) is 0 Å². The lowest BCUT2D eigenvalue weighted by atomic mass is 9.98. The first-order valence-electron chi connectivity index (χ1n) is 8.10. The number of hydrogen-bond donors (Lipinski definition) is 1. The summed E-state index contributed by atoms with van der Waals surface area (Å²) in [4.78, 5) is 25.3. The van der Waals surface area contributed by atoms with E-state index in [0.717, 1.165) is 31.4 Å². The van der Waals surface area contributed by atoms with Gasteiger partial charge in [0.25, 0.3) is 0 Å². The Labute approximate surface area is 141 Å². The zero-order valence-corrected chi connectivity index (χ0v) is 14.7. The molecule has 1 saturated carbocycles. The molecule has 128 valence electrons. The van der Waals surface area contributed by atoms with Gasteiger partial charge in [0.05, 0.1) is 13.2 Å². The Hall–Kier alpha value is -1.57. The molecule has 23 heavy (non-hydrogen) atoms. The van der Waals surface area contributed by atoms with Gasteiger partial charge in [0.2, 0.25) is 5.95 Å². The van der Waals surface area contributed by atoms with Gasteiger partial charge < -0.3 is 14.8 Å². The van der Waals surface area contributed by atoms with Crippen LogP contribution in [0, 0.1) is 0 Å². The molecule has 1 N–H and O–H groups in total. The van der Waals surface area contributed by atoms with Crippen molar-refractivity contribution in [1.82, 2.24) is 15.0 Å². The second-order valence-electron chi connectivity index (χ2n) is 5.22. The lowest BCUT2D eigenvalue weighted by Gasteiger charge is -2.27. The summed E-state index contributed by atoms with van der Waals surface area (Å²) in [5.41, 5.74) is -0.741. The van der Waals surface area contributed by atoms with Crippen LogP contribution >= 0.6 is 11.8 Å². The van der Waals surface area contributed by atoms with Crippen LogP contribution in [0.1, 0.15) is 46.5 Å². The summed E-state index contributed by atoms with van der Waals surface area (Å²) in [6, 6.07) is 0.276. The minimum absolute atomic E-state index is 0.236. The first-order valence-corrected chi connectivity index (χ1v) is 9.09. The number of anilines is 1.